The summed E-state index contributed by atoms with van der Waals surface area (Å²) < 4.78 is 12.2. The number of carbonyl (C=O) groups excluding carboxylic acids is 1. The van der Waals surface area contributed by atoms with E-state index < -0.39 is 11.7 Å². The summed E-state index contributed by atoms with van der Waals surface area (Å²) in [6, 6.07) is 19.8. The first-order valence-corrected chi connectivity index (χ1v) is 10.5. The van der Waals surface area contributed by atoms with Gasteiger partial charge in [0.1, 0.15) is 5.75 Å². The van der Waals surface area contributed by atoms with Crippen molar-refractivity contribution in [1.29, 1.82) is 0 Å². The van der Waals surface area contributed by atoms with E-state index in [9.17, 15) is 4.79 Å². The van der Waals surface area contributed by atoms with Gasteiger partial charge >= 0.3 is 5.97 Å². The minimum atomic E-state index is -1.23. The van der Waals surface area contributed by atoms with Gasteiger partial charge in [-0.3, -0.25) is 0 Å². The molecule has 158 valence electrons. The van der Waals surface area contributed by atoms with Crippen molar-refractivity contribution < 1.29 is 14.3 Å². The molecule has 0 bridgehead atoms. The molecule has 1 unspecified atom stereocenters. The summed E-state index contributed by atoms with van der Waals surface area (Å²) in [6.07, 6.45) is 0. The van der Waals surface area contributed by atoms with Crippen LogP contribution in [0, 0.1) is 6.92 Å². The van der Waals surface area contributed by atoms with E-state index in [-0.39, 0.29) is 6.61 Å². The smallest absolute Gasteiger partial charge is 0.340 e. The first-order valence-electron chi connectivity index (χ1n) is 9.72. The van der Waals surface area contributed by atoms with Gasteiger partial charge in [0.15, 0.2) is 6.61 Å². The Hall–Kier alpha value is -2.95. The molecule has 0 N–H and O–H groups in total. The number of nitrogens with zero attached hydrogens (tertiary/aromatic N) is 1. The highest BCUT2D eigenvalue weighted by Gasteiger charge is 2.50. The molecular formula is C25H21Cl2NO3. The average Bonchev–Trinajstić information content (AvgIpc) is 2.97. The molecule has 31 heavy (non-hydrogen) atoms. The van der Waals surface area contributed by atoms with Gasteiger partial charge in [-0.05, 0) is 55.0 Å². The molecule has 1 aliphatic heterocycles. The number of ether oxygens (including phenoxy) is 2. The van der Waals surface area contributed by atoms with Crippen molar-refractivity contribution in [3.63, 3.8) is 0 Å². The number of aryl methyl sites for hydroxylation is 1. The summed E-state index contributed by atoms with van der Waals surface area (Å²) in [7, 11) is 1.86. The van der Waals surface area contributed by atoms with Crippen LogP contribution >= 0.6 is 23.2 Å². The van der Waals surface area contributed by atoms with Gasteiger partial charge < -0.3 is 14.4 Å². The maximum absolute atomic E-state index is 13.1. The molecule has 6 heteroatoms. The van der Waals surface area contributed by atoms with Gasteiger partial charge in [-0.15, -0.1) is 0 Å². The highest BCUT2D eigenvalue weighted by molar-refractivity contribution is 6.31. The molecule has 3 aromatic rings. The van der Waals surface area contributed by atoms with Crippen molar-refractivity contribution in [1.82, 2.24) is 0 Å². The number of halogens is 2. The molecule has 1 atom stereocenters. The summed E-state index contributed by atoms with van der Waals surface area (Å²) in [6.45, 7) is 6.21. The van der Waals surface area contributed by atoms with Crippen LogP contribution in [0.15, 0.2) is 73.3 Å². The topological polar surface area (TPSA) is 38.8 Å². The molecule has 0 saturated carbocycles. The van der Waals surface area contributed by atoms with Gasteiger partial charge in [-0.25, -0.2) is 4.79 Å². The lowest BCUT2D eigenvalue weighted by Crippen LogP contribution is -2.52. The Kier molecular flexibility index (Phi) is 5.69. The van der Waals surface area contributed by atoms with Crippen molar-refractivity contribution in [3.8, 4) is 5.75 Å². The monoisotopic (exact) mass is 453 g/mol. The molecule has 0 aromatic heterocycles. The van der Waals surface area contributed by atoms with Crippen molar-refractivity contribution in [3.05, 3.63) is 100 Å². The summed E-state index contributed by atoms with van der Waals surface area (Å²) in [4.78, 5) is 15.0. The fourth-order valence-electron chi connectivity index (χ4n) is 3.69. The van der Waals surface area contributed by atoms with E-state index in [1.54, 1.807) is 36.4 Å². The number of rotatable bonds is 5. The van der Waals surface area contributed by atoms with Gasteiger partial charge in [0.2, 0.25) is 5.72 Å². The number of benzene rings is 3. The standard InChI is InChI=1S/C25H21Cl2NO3/c1-16-13-20(11-12-22(16)27)30-15-25(31-24(29)18-7-6-8-19(26)14-18)17(2)21-9-4-5-10-23(21)28(25)3/h4-14H,2,15H2,1,3H3. The number of esters is 1. The van der Waals surface area contributed by atoms with Gasteiger partial charge in [0, 0.05) is 33.9 Å². The van der Waals surface area contributed by atoms with Gasteiger partial charge in [-0.2, -0.15) is 0 Å². The molecule has 4 nitrogen and oxygen atoms in total. The lowest BCUT2D eigenvalue weighted by atomic mass is 10.0. The summed E-state index contributed by atoms with van der Waals surface area (Å²) in [5, 5.41) is 1.11. The fourth-order valence-corrected chi connectivity index (χ4v) is 4.00. The lowest BCUT2D eigenvalue weighted by molar-refractivity contribution is -0.00787. The van der Waals surface area contributed by atoms with Crippen molar-refractivity contribution >= 4 is 40.4 Å². The molecule has 3 aromatic carbocycles. The highest BCUT2D eigenvalue weighted by atomic mass is 35.5. The Bertz CT molecular complexity index is 1180. The van der Waals surface area contributed by atoms with E-state index in [0.29, 0.717) is 26.9 Å². The summed E-state index contributed by atoms with van der Waals surface area (Å²) in [5.41, 5.74) is 2.47. The number of anilines is 1. The Balaban J connectivity index is 1.70. The Morgan fingerprint density at radius 3 is 2.55 bits per heavy atom. The predicted octanol–water partition coefficient (Wildman–Crippen LogP) is 6.40. The van der Waals surface area contributed by atoms with Crippen LogP contribution < -0.4 is 9.64 Å². The maximum Gasteiger partial charge on any atom is 0.340 e. The Morgan fingerprint density at radius 1 is 1.06 bits per heavy atom. The SMILES string of the molecule is C=C1c2ccccc2N(C)C1(COc1ccc(Cl)c(C)c1)OC(=O)c1cccc(Cl)c1. The molecular weight excluding hydrogens is 433 g/mol. The molecule has 0 radical (unpaired) electrons. The molecule has 0 fully saturated rings. The summed E-state index contributed by atoms with van der Waals surface area (Å²) >= 11 is 12.2. The maximum atomic E-state index is 13.1. The molecule has 4 rings (SSSR count). The minimum absolute atomic E-state index is 0.0460. The van der Waals surface area contributed by atoms with Crippen LogP contribution in [0.2, 0.25) is 10.0 Å². The number of carbonyl (C=O) groups is 1. The van der Waals surface area contributed by atoms with E-state index in [2.05, 4.69) is 6.58 Å². The van der Waals surface area contributed by atoms with Crippen LogP contribution in [0.1, 0.15) is 21.5 Å². The predicted molar refractivity (Wildman–Crippen MR) is 125 cm³/mol. The van der Waals surface area contributed by atoms with Crippen molar-refractivity contribution in [2.45, 2.75) is 12.6 Å². The van der Waals surface area contributed by atoms with Gasteiger partial charge in [0.25, 0.3) is 0 Å². The van der Waals surface area contributed by atoms with Crippen molar-refractivity contribution in [2.75, 3.05) is 18.6 Å². The number of hydrogen-bond acceptors (Lipinski definition) is 4. The summed E-state index contributed by atoms with van der Waals surface area (Å²) in [5.74, 6) is 0.108. The average molecular weight is 454 g/mol. The number of fused-ring (bicyclic) bond motifs is 1. The zero-order valence-electron chi connectivity index (χ0n) is 17.2. The van der Waals surface area contributed by atoms with E-state index in [4.69, 9.17) is 32.7 Å². The van der Waals surface area contributed by atoms with Crippen LogP contribution in [-0.4, -0.2) is 25.3 Å². The fraction of sp³-hybridized carbons (Fsp3) is 0.160. The third-order valence-corrected chi connectivity index (χ3v) is 6.15. The molecule has 0 saturated heterocycles. The first kappa shape index (κ1) is 21.3. The molecule has 0 spiro atoms. The van der Waals surface area contributed by atoms with Crippen molar-refractivity contribution in [2.24, 2.45) is 0 Å². The van der Waals surface area contributed by atoms with Crippen LogP contribution in [0.25, 0.3) is 5.57 Å². The largest absolute Gasteiger partial charge is 0.487 e. The first-order chi connectivity index (χ1) is 14.8. The third-order valence-electron chi connectivity index (χ3n) is 5.49. The van der Waals surface area contributed by atoms with Crippen LogP contribution in [0.5, 0.6) is 5.75 Å². The minimum Gasteiger partial charge on any atom is -0.487 e. The molecule has 1 heterocycles. The quantitative estimate of drug-likeness (QED) is 0.419. The zero-order chi connectivity index (χ0) is 22.2. The number of likely N-dealkylation sites (N-methyl/N-ethyl adjacent to an activating group) is 1. The Labute approximate surface area is 191 Å². The highest BCUT2D eigenvalue weighted by Crippen LogP contribution is 2.46. The van der Waals surface area contributed by atoms with E-state index in [1.807, 2.05) is 49.2 Å². The second-order valence-electron chi connectivity index (χ2n) is 7.44. The molecule has 0 amide bonds. The van der Waals surface area contributed by atoms with Gasteiger partial charge in [-0.1, -0.05) is 54.0 Å². The van der Waals surface area contributed by atoms with E-state index in [0.717, 1.165) is 16.8 Å². The Morgan fingerprint density at radius 2 is 1.84 bits per heavy atom. The lowest BCUT2D eigenvalue weighted by Gasteiger charge is -2.37. The third kappa shape index (κ3) is 3.89. The number of para-hydroxylation sites is 1. The second kappa shape index (κ2) is 8.29. The van der Waals surface area contributed by atoms with E-state index >= 15 is 0 Å². The van der Waals surface area contributed by atoms with Crippen LogP contribution in [-0.2, 0) is 4.74 Å². The van der Waals surface area contributed by atoms with E-state index in [1.165, 1.54) is 0 Å². The van der Waals surface area contributed by atoms with Crippen LogP contribution in [0.3, 0.4) is 0 Å². The second-order valence-corrected chi connectivity index (χ2v) is 8.28. The molecule has 0 aliphatic carbocycles. The zero-order valence-corrected chi connectivity index (χ0v) is 18.7. The number of hydrogen-bond donors (Lipinski definition) is 0. The van der Waals surface area contributed by atoms with Gasteiger partial charge in [0.05, 0.1) is 5.56 Å². The molecule has 1 aliphatic rings. The van der Waals surface area contributed by atoms with Crippen LogP contribution in [0.4, 0.5) is 5.69 Å². The normalized spacial score (nSPS) is 17.4.